The normalized spacial score (nSPS) is 11.0. The summed E-state index contributed by atoms with van der Waals surface area (Å²) in [5, 5.41) is 19.0. The average molecular weight is 424 g/mol. The quantitative estimate of drug-likeness (QED) is 0.453. The number of nitrogens with zero attached hydrogens (tertiary/aromatic N) is 1. The number of carbonyl (C=O) groups excluding carboxylic acids is 2. The second kappa shape index (κ2) is 9.25. The van der Waals surface area contributed by atoms with Gasteiger partial charge in [0.2, 0.25) is 11.8 Å². The summed E-state index contributed by atoms with van der Waals surface area (Å²) < 4.78 is 38.2. The van der Waals surface area contributed by atoms with Crippen LogP contribution >= 0.6 is 0 Å². The summed E-state index contributed by atoms with van der Waals surface area (Å²) in [6, 6.07) is 7.04. The van der Waals surface area contributed by atoms with Crippen molar-refractivity contribution in [2.75, 3.05) is 22.5 Å². The standard InChI is InChI=1S/C19H19F3N4O4/c1-11-9-14(4-6-15(11)24-12(2)27)25-18(28)7-8-23-16-5-3-13(19(20,21)22)10-17(16)26(29)30/h3-6,9-10,23H,7-8H2,1-2H3,(H,24,27)(H,25,28). The van der Waals surface area contributed by atoms with Gasteiger partial charge in [0.1, 0.15) is 5.69 Å². The molecule has 0 aliphatic heterocycles. The van der Waals surface area contributed by atoms with Crippen LogP contribution in [0, 0.1) is 17.0 Å². The summed E-state index contributed by atoms with van der Waals surface area (Å²) in [6.45, 7) is 3.11. The molecule has 2 aromatic rings. The number of alkyl halides is 3. The summed E-state index contributed by atoms with van der Waals surface area (Å²) in [6.07, 6.45) is -4.78. The maximum absolute atomic E-state index is 12.7. The van der Waals surface area contributed by atoms with E-state index in [1.807, 2.05) is 0 Å². The van der Waals surface area contributed by atoms with E-state index in [-0.39, 0.29) is 24.6 Å². The lowest BCUT2D eigenvalue weighted by Crippen LogP contribution is -2.17. The number of amides is 2. The fourth-order valence-corrected chi connectivity index (χ4v) is 2.61. The van der Waals surface area contributed by atoms with Gasteiger partial charge in [0.25, 0.3) is 5.69 Å². The first-order valence-electron chi connectivity index (χ1n) is 8.75. The molecule has 11 heteroatoms. The predicted octanol–water partition coefficient (Wildman–Crippen LogP) is 4.32. The van der Waals surface area contributed by atoms with Crippen molar-refractivity contribution in [3.63, 3.8) is 0 Å². The van der Waals surface area contributed by atoms with Gasteiger partial charge in [-0.15, -0.1) is 0 Å². The zero-order valence-electron chi connectivity index (χ0n) is 16.1. The number of carbonyl (C=O) groups is 2. The van der Waals surface area contributed by atoms with Gasteiger partial charge < -0.3 is 16.0 Å². The van der Waals surface area contributed by atoms with E-state index < -0.39 is 28.3 Å². The number of nitrogens with one attached hydrogen (secondary N) is 3. The molecule has 0 aromatic heterocycles. The van der Waals surface area contributed by atoms with E-state index in [1.165, 1.54) is 6.92 Å². The molecule has 0 saturated carbocycles. The van der Waals surface area contributed by atoms with Crippen LogP contribution in [0.5, 0.6) is 0 Å². The van der Waals surface area contributed by atoms with Crippen LogP contribution in [0.15, 0.2) is 36.4 Å². The van der Waals surface area contributed by atoms with Crippen LogP contribution in [0.1, 0.15) is 24.5 Å². The third kappa shape index (κ3) is 6.19. The molecule has 0 bridgehead atoms. The summed E-state index contributed by atoms with van der Waals surface area (Å²) in [7, 11) is 0. The molecule has 0 heterocycles. The van der Waals surface area contributed by atoms with Crippen molar-refractivity contribution >= 4 is 34.6 Å². The Bertz CT molecular complexity index is 977. The molecule has 0 spiro atoms. The van der Waals surface area contributed by atoms with E-state index in [0.29, 0.717) is 17.4 Å². The van der Waals surface area contributed by atoms with E-state index in [2.05, 4.69) is 16.0 Å². The molecule has 0 saturated heterocycles. The molecular weight excluding hydrogens is 405 g/mol. The Morgan fingerprint density at radius 3 is 2.30 bits per heavy atom. The van der Waals surface area contributed by atoms with Crippen LogP contribution in [0.3, 0.4) is 0 Å². The minimum Gasteiger partial charge on any atom is -0.379 e. The summed E-state index contributed by atoms with van der Waals surface area (Å²) >= 11 is 0. The fraction of sp³-hybridized carbons (Fsp3) is 0.263. The number of hydrogen-bond donors (Lipinski definition) is 3. The van der Waals surface area contributed by atoms with Crippen LogP contribution in [-0.2, 0) is 15.8 Å². The molecule has 0 unspecified atom stereocenters. The molecule has 2 aromatic carbocycles. The number of aryl methyl sites for hydroxylation is 1. The minimum absolute atomic E-state index is 0.0268. The largest absolute Gasteiger partial charge is 0.416 e. The van der Waals surface area contributed by atoms with E-state index in [4.69, 9.17) is 0 Å². The van der Waals surface area contributed by atoms with Crippen LogP contribution in [-0.4, -0.2) is 23.3 Å². The first-order valence-corrected chi connectivity index (χ1v) is 8.75. The maximum atomic E-state index is 12.7. The lowest BCUT2D eigenvalue weighted by molar-refractivity contribution is -0.384. The molecule has 0 aliphatic carbocycles. The molecule has 0 fully saturated rings. The smallest absolute Gasteiger partial charge is 0.379 e. The SMILES string of the molecule is CC(=O)Nc1ccc(NC(=O)CCNc2ccc(C(F)(F)F)cc2[N+](=O)[O-])cc1C. The summed E-state index contributed by atoms with van der Waals surface area (Å²) in [4.78, 5) is 33.3. The summed E-state index contributed by atoms with van der Waals surface area (Å²) in [5.74, 6) is -0.623. The van der Waals surface area contributed by atoms with Crippen LogP contribution in [0.4, 0.5) is 35.9 Å². The number of nitro benzene ring substituents is 1. The molecule has 160 valence electrons. The van der Waals surface area contributed by atoms with Crippen LogP contribution in [0.25, 0.3) is 0 Å². The number of anilines is 3. The number of nitro groups is 1. The van der Waals surface area contributed by atoms with Gasteiger partial charge in [0.15, 0.2) is 0 Å². The van der Waals surface area contributed by atoms with Crippen molar-refractivity contribution in [3.05, 3.63) is 57.6 Å². The second-order valence-electron chi connectivity index (χ2n) is 6.42. The predicted molar refractivity (Wildman–Crippen MR) is 105 cm³/mol. The first-order chi connectivity index (χ1) is 14.0. The van der Waals surface area contributed by atoms with Gasteiger partial charge in [-0.1, -0.05) is 0 Å². The lowest BCUT2D eigenvalue weighted by Gasteiger charge is -2.12. The Morgan fingerprint density at radius 2 is 1.73 bits per heavy atom. The Balaban J connectivity index is 1.97. The Labute approximate surface area is 169 Å². The Morgan fingerprint density at radius 1 is 1.07 bits per heavy atom. The molecule has 2 amide bonds. The van der Waals surface area contributed by atoms with Gasteiger partial charge in [-0.3, -0.25) is 19.7 Å². The van der Waals surface area contributed by atoms with Gasteiger partial charge in [0, 0.05) is 37.3 Å². The van der Waals surface area contributed by atoms with E-state index in [0.717, 1.165) is 17.7 Å². The van der Waals surface area contributed by atoms with Crippen LogP contribution in [0.2, 0.25) is 0 Å². The number of halogens is 3. The monoisotopic (exact) mass is 424 g/mol. The minimum atomic E-state index is -4.70. The zero-order valence-corrected chi connectivity index (χ0v) is 16.1. The third-order valence-corrected chi connectivity index (χ3v) is 4.01. The number of hydrogen-bond acceptors (Lipinski definition) is 5. The van der Waals surface area contributed by atoms with Gasteiger partial charge >= 0.3 is 6.18 Å². The molecule has 0 atom stereocenters. The molecule has 2 rings (SSSR count). The van der Waals surface area contributed by atoms with E-state index >= 15 is 0 Å². The summed E-state index contributed by atoms with van der Waals surface area (Å²) in [5.41, 5.74) is -0.133. The molecule has 30 heavy (non-hydrogen) atoms. The van der Waals surface area contributed by atoms with Crippen LogP contribution < -0.4 is 16.0 Å². The van der Waals surface area contributed by atoms with Crippen molar-refractivity contribution in [1.29, 1.82) is 0 Å². The van der Waals surface area contributed by atoms with Crippen molar-refractivity contribution in [3.8, 4) is 0 Å². The van der Waals surface area contributed by atoms with E-state index in [1.54, 1.807) is 25.1 Å². The van der Waals surface area contributed by atoms with Crippen molar-refractivity contribution < 1.29 is 27.7 Å². The highest BCUT2D eigenvalue weighted by atomic mass is 19.4. The maximum Gasteiger partial charge on any atom is 0.416 e. The zero-order chi connectivity index (χ0) is 22.5. The first kappa shape index (κ1) is 22.7. The fourth-order valence-electron chi connectivity index (χ4n) is 2.61. The van der Waals surface area contributed by atoms with E-state index in [9.17, 15) is 32.9 Å². The molecular formula is C19H19F3N4O4. The molecule has 0 radical (unpaired) electrons. The Hall–Kier alpha value is -3.63. The number of rotatable bonds is 7. The third-order valence-electron chi connectivity index (χ3n) is 4.01. The molecule has 3 N–H and O–H groups in total. The lowest BCUT2D eigenvalue weighted by atomic mass is 10.1. The highest BCUT2D eigenvalue weighted by Gasteiger charge is 2.33. The molecule has 8 nitrogen and oxygen atoms in total. The van der Waals surface area contributed by atoms with Gasteiger partial charge in [-0.2, -0.15) is 13.2 Å². The van der Waals surface area contributed by atoms with Gasteiger partial charge in [-0.05, 0) is 42.8 Å². The molecule has 0 aliphatic rings. The van der Waals surface area contributed by atoms with Crippen molar-refractivity contribution in [2.45, 2.75) is 26.4 Å². The van der Waals surface area contributed by atoms with Gasteiger partial charge in [0.05, 0.1) is 10.5 Å². The van der Waals surface area contributed by atoms with Crippen molar-refractivity contribution in [2.24, 2.45) is 0 Å². The van der Waals surface area contributed by atoms with Crippen molar-refractivity contribution in [1.82, 2.24) is 0 Å². The average Bonchev–Trinajstić information content (AvgIpc) is 2.63. The second-order valence-corrected chi connectivity index (χ2v) is 6.42. The van der Waals surface area contributed by atoms with Gasteiger partial charge in [-0.25, -0.2) is 0 Å². The highest BCUT2D eigenvalue weighted by molar-refractivity contribution is 5.93. The topological polar surface area (TPSA) is 113 Å². The Kier molecular flexibility index (Phi) is 6.98. The number of benzene rings is 2. The highest BCUT2D eigenvalue weighted by Crippen LogP contribution is 2.34.